The first-order chi connectivity index (χ1) is 7.63. The van der Waals surface area contributed by atoms with Gasteiger partial charge in [-0.05, 0) is 24.3 Å². The van der Waals surface area contributed by atoms with Crippen LogP contribution in [0.1, 0.15) is 4.88 Å². The predicted octanol–water partition coefficient (Wildman–Crippen LogP) is 4.33. The first-order valence-electron chi connectivity index (χ1n) is 4.56. The second kappa shape index (κ2) is 5.08. The Labute approximate surface area is 111 Å². The highest BCUT2D eigenvalue weighted by Gasteiger charge is 2.01. The van der Waals surface area contributed by atoms with Crippen LogP contribution in [-0.4, -0.2) is 0 Å². The Hall–Kier alpha value is -0.710. The molecule has 0 amide bonds. The molecule has 0 aliphatic carbocycles. The number of rotatable bonds is 3. The van der Waals surface area contributed by atoms with Gasteiger partial charge in [0.1, 0.15) is 12.4 Å². The van der Waals surface area contributed by atoms with E-state index in [9.17, 15) is 0 Å². The Kier molecular flexibility index (Phi) is 3.74. The minimum Gasteiger partial charge on any atom is -0.488 e. The van der Waals surface area contributed by atoms with E-state index >= 15 is 0 Å². The Morgan fingerprint density at radius 1 is 1.31 bits per heavy atom. The van der Waals surface area contributed by atoms with Crippen LogP contribution < -0.4 is 10.5 Å². The standard InChI is InChI=1S/C11H9BrClNOS/c12-7-3-8(14)5-9(4-7)15-6-10-1-2-11(13)16-10/h1-5H,6,14H2. The van der Waals surface area contributed by atoms with Gasteiger partial charge in [-0.25, -0.2) is 0 Å². The van der Waals surface area contributed by atoms with Crippen LogP contribution >= 0.6 is 38.9 Å². The molecule has 1 aromatic heterocycles. The monoisotopic (exact) mass is 317 g/mol. The fraction of sp³-hybridized carbons (Fsp3) is 0.0909. The van der Waals surface area contributed by atoms with Gasteiger partial charge in [0.15, 0.2) is 0 Å². The zero-order chi connectivity index (χ0) is 11.5. The van der Waals surface area contributed by atoms with Crippen LogP contribution in [0.3, 0.4) is 0 Å². The second-order valence-electron chi connectivity index (χ2n) is 3.21. The van der Waals surface area contributed by atoms with Crippen molar-refractivity contribution in [3.63, 3.8) is 0 Å². The molecule has 16 heavy (non-hydrogen) atoms. The van der Waals surface area contributed by atoms with Crippen molar-refractivity contribution in [2.75, 3.05) is 5.73 Å². The number of hydrogen-bond acceptors (Lipinski definition) is 3. The van der Waals surface area contributed by atoms with Gasteiger partial charge < -0.3 is 10.5 Å². The van der Waals surface area contributed by atoms with Crippen molar-refractivity contribution < 1.29 is 4.74 Å². The molecule has 0 fully saturated rings. The van der Waals surface area contributed by atoms with E-state index in [0.29, 0.717) is 12.3 Å². The molecular formula is C11H9BrClNOS. The van der Waals surface area contributed by atoms with E-state index in [-0.39, 0.29) is 0 Å². The van der Waals surface area contributed by atoms with Crippen molar-refractivity contribution >= 4 is 44.6 Å². The number of anilines is 1. The molecular weight excluding hydrogens is 310 g/mol. The van der Waals surface area contributed by atoms with Crippen molar-refractivity contribution in [3.8, 4) is 5.75 Å². The molecule has 2 aromatic rings. The Bertz CT molecular complexity index is 480. The van der Waals surface area contributed by atoms with Gasteiger partial charge in [0.05, 0.1) is 4.34 Å². The maximum Gasteiger partial charge on any atom is 0.123 e. The van der Waals surface area contributed by atoms with Gasteiger partial charge in [-0.2, -0.15) is 0 Å². The first kappa shape index (κ1) is 11.8. The molecule has 84 valence electrons. The van der Waals surface area contributed by atoms with Gasteiger partial charge in [-0.15, -0.1) is 11.3 Å². The van der Waals surface area contributed by atoms with Gasteiger partial charge in [0.2, 0.25) is 0 Å². The summed E-state index contributed by atoms with van der Waals surface area (Å²) in [5, 5.41) is 0. The molecule has 0 radical (unpaired) electrons. The van der Waals surface area contributed by atoms with E-state index in [1.165, 1.54) is 11.3 Å². The van der Waals surface area contributed by atoms with Crippen LogP contribution in [0, 0.1) is 0 Å². The lowest BCUT2D eigenvalue weighted by molar-refractivity contribution is 0.310. The van der Waals surface area contributed by atoms with Crippen molar-refractivity contribution in [1.29, 1.82) is 0 Å². The van der Waals surface area contributed by atoms with Crippen LogP contribution in [0.25, 0.3) is 0 Å². The summed E-state index contributed by atoms with van der Waals surface area (Å²) < 4.78 is 7.29. The van der Waals surface area contributed by atoms with Crippen molar-refractivity contribution in [2.24, 2.45) is 0 Å². The lowest BCUT2D eigenvalue weighted by atomic mass is 10.3. The number of benzene rings is 1. The molecule has 0 unspecified atom stereocenters. The number of thiophene rings is 1. The van der Waals surface area contributed by atoms with Crippen molar-refractivity contribution in [2.45, 2.75) is 6.61 Å². The zero-order valence-electron chi connectivity index (χ0n) is 8.24. The number of ether oxygens (including phenoxy) is 1. The molecule has 0 saturated heterocycles. The molecule has 2 rings (SSSR count). The van der Waals surface area contributed by atoms with Crippen LogP contribution in [-0.2, 0) is 6.61 Å². The van der Waals surface area contributed by atoms with Crippen LogP contribution in [0.5, 0.6) is 5.75 Å². The van der Waals surface area contributed by atoms with E-state index < -0.39 is 0 Å². The molecule has 2 N–H and O–H groups in total. The van der Waals surface area contributed by atoms with Gasteiger partial charge in [-0.3, -0.25) is 0 Å². The first-order valence-corrected chi connectivity index (χ1v) is 6.55. The van der Waals surface area contributed by atoms with E-state index in [0.717, 1.165) is 19.4 Å². The highest BCUT2D eigenvalue weighted by atomic mass is 79.9. The summed E-state index contributed by atoms with van der Waals surface area (Å²) in [5.74, 6) is 0.747. The molecule has 5 heteroatoms. The quantitative estimate of drug-likeness (QED) is 0.855. The smallest absolute Gasteiger partial charge is 0.123 e. The summed E-state index contributed by atoms with van der Waals surface area (Å²) >= 11 is 10.7. The predicted molar refractivity (Wildman–Crippen MR) is 72.2 cm³/mol. The highest BCUT2D eigenvalue weighted by molar-refractivity contribution is 9.10. The molecule has 1 heterocycles. The number of nitrogens with two attached hydrogens (primary N) is 1. The normalized spacial score (nSPS) is 10.4. The van der Waals surface area contributed by atoms with Gasteiger partial charge in [0, 0.05) is 21.1 Å². The van der Waals surface area contributed by atoms with Crippen molar-refractivity contribution in [3.05, 3.63) is 44.0 Å². The van der Waals surface area contributed by atoms with Crippen molar-refractivity contribution in [1.82, 2.24) is 0 Å². The highest BCUT2D eigenvalue weighted by Crippen LogP contribution is 2.26. The third-order valence-electron chi connectivity index (χ3n) is 1.90. The summed E-state index contributed by atoms with van der Waals surface area (Å²) in [5.41, 5.74) is 6.38. The topological polar surface area (TPSA) is 35.2 Å². The Morgan fingerprint density at radius 2 is 2.12 bits per heavy atom. The summed E-state index contributed by atoms with van der Waals surface area (Å²) in [4.78, 5) is 1.09. The third kappa shape index (κ3) is 3.14. The van der Waals surface area contributed by atoms with Crippen LogP contribution in [0.2, 0.25) is 4.34 Å². The van der Waals surface area contributed by atoms with Gasteiger partial charge >= 0.3 is 0 Å². The third-order valence-corrected chi connectivity index (χ3v) is 3.57. The Morgan fingerprint density at radius 3 is 2.75 bits per heavy atom. The second-order valence-corrected chi connectivity index (χ2v) is 5.93. The number of hydrogen-bond donors (Lipinski definition) is 1. The Balaban J connectivity index is 2.04. The lowest BCUT2D eigenvalue weighted by Crippen LogP contribution is -1.94. The molecule has 1 aromatic carbocycles. The van der Waals surface area contributed by atoms with Gasteiger partial charge in [-0.1, -0.05) is 27.5 Å². The maximum absolute atomic E-state index is 5.83. The van der Waals surface area contributed by atoms with E-state index in [1.807, 2.05) is 24.3 Å². The molecule has 0 bridgehead atoms. The molecule has 0 aliphatic heterocycles. The summed E-state index contributed by atoms with van der Waals surface area (Å²) in [6, 6.07) is 9.31. The average molecular weight is 319 g/mol. The lowest BCUT2D eigenvalue weighted by Gasteiger charge is -2.06. The van der Waals surface area contributed by atoms with E-state index in [2.05, 4.69) is 15.9 Å². The molecule has 0 saturated carbocycles. The fourth-order valence-corrected chi connectivity index (χ4v) is 2.74. The minimum atomic E-state index is 0.507. The number of halogens is 2. The molecule has 2 nitrogen and oxygen atoms in total. The average Bonchev–Trinajstić information content (AvgIpc) is 2.60. The fourth-order valence-electron chi connectivity index (χ4n) is 1.25. The van der Waals surface area contributed by atoms with Gasteiger partial charge in [0.25, 0.3) is 0 Å². The van der Waals surface area contributed by atoms with E-state index in [4.69, 9.17) is 22.1 Å². The largest absolute Gasteiger partial charge is 0.488 e. The zero-order valence-corrected chi connectivity index (χ0v) is 11.4. The molecule has 0 aliphatic rings. The van der Waals surface area contributed by atoms with Crippen LogP contribution in [0.15, 0.2) is 34.8 Å². The molecule has 0 spiro atoms. The summed E-state index contributed by atoms with van der Waals surface area (Å²) in [7, 11) is 0. The SMILES string of the molecule is Nc1cc(Br)cc(OCc2ccc(Cl)s2)c1. The summed E-state index contributed by atoms with van der Waals surface area (Å²) in [6.45, 7) is 0.507. The summed E-state index contributed by atoms with van der Waals surface area (Å²) in [6.07, 6.45) is 0. The maximum atomic E-state index is 5.83. The minimum absolute atomic E-state index is 0.507. The number of nitrogen functional groups attached to an aromatic ring is 1. The van der Waals surface area contributed by atoms with Crippen LogP contribution in [0.4, 0.5) is 5.69 Å². The van der Waals surface area contributed by atoms with E-state index in [1.54, 1.807) is 6.07 Å². The molecule has 0 atom stereocenters.